The highest BCUT2D eigenvalue weighted by molar-refractivity contribution is 5.78. The first-order chi connectivity index (χ1) is 6.38. The molecule has 1 unspecified atom stereocenters. The third-order valence-corrected chi connectivity index (χ3v) is 3.58. The molecule has 0 saturated heterocycles. The molecule has 14 heavy (non-hydrogen) atoms. The maximum absolute atomic E-state index is 11.2. The van der Waals surface area contributed by atoms with E-state index in [1.807, 2.05) is 13.8 Å². The van der Waals surface area contributed by atoms with Crippen LogP contribution >= 0.6 is 0 Å². The molecule has 0 amide bonds. The first kappa shape index (κ1) is 11.5. The highest BCUT2D eigenvalue weighted by Gasteiger charge is 2.50. The van der Waals surface area contributed by atoms with Crippen molar-refractivity contribution in [3.8, 4) is 0 Å². The molecule has 0 aromatic carbocycles. The minimum absolute atomic E-state index is 0.283. The van der Waals surface area contributed by atoms with Gasteiger partial charge in [0.2, 0.25) is 0 Å². The standard InChI is InChI=1S/C11H21NO2/c1-5-11(6-2,9(13)14)12-8-7-10(8,3)4/h8,12H,5-7H2,1-4H3,(H,13,14). The fourth-order valence-corrected chi connectivity index (χ4v) is 1.87. The predicted octanol–water partition coefficient (Wildman–Crippen LogP) is 2.02. The number of aliphatic carboxylic acids is 1. The zero-order valence-corrected chi connectivity index (χ0v) is 9.55. The molecule has 82 valence electrons. The molecule has 3 nitrogen and oxygen atoms in total. The van der Waals surface area contributed by atoms with Crippen molar-refractivity contribution in [2.24, 2.45) is 5.41 Å². The van der Waals surface area contributed by atoms with Gasteiger partial charge in [-0.05, 0) is 24.7 Å². The lowest BCUT2D eigenvalue weighted by molar-refractivity contribution is -0.145. The summed E-state index contributed by atoms with van der Waals surface area (Å²) in [5.74, 6) is -0.717. The predicted molar refractivity (Wildman–Crippen MR) is 56.3 cm³/mol. The third-order valence-electron chi connectivity index (χ3n) is 3.58. The topological polar surface area (TPSA) is 49.3 Å². The number of carboxylic acids is 1. The normalized spacial score (nSPS) is 24.7. The zero-order valence-electron chi connectivity index (χ0n) is 9.55. The van der Waals surface area contributed by atoms with E-state index >= 15 is 0 Å². The summed E-state index contributed by atoms with van der Waals surface area (Å²) in [6.07, 6.45) is 2.37. The Bertz CT molecular complexity index is 231. The summed E-state index contributed by atoms with van der Waals surface area (Å²) in [4.78, 5) is 11.2. The fraction of sp³-hybridized carbons (Fsp3) is 0.909. The van der Waals surface area contributed by atoms with Gasteiger partial charge in [0.05, 0.1) is 0 Å². The average Bonchev–Trinajstić information content (AvgIpc) is 2.69. The van der Waals surface area contributed by atoms with Crippen LogP contribution in [0.15, 0.2) is 0 Å². The highest BCUT2D eigenvalue weighted by atomic mass is 16.4. The SMILES string of the molecule is CCC(CC)(NC1CC1(C)C)C(=O)O. The van der Waals surface area contributed by atoms with Gasteiger partial charge in [0.15, 0.2) is 0 Å². The zero-order chi connectivity index (χ0) is 11.0. The minimum Gasteiger partial charge on any atom is -0.480 e. The van der Waals surface area contributed by atoms with Crippen molar-refractivity contribution in [1.29, 1.82) is 0 Å². The molecule has 1 aliphatic rings. The Balaban J connectivity index is 2.65. The molecule has 3 heteroatoms. The van der Waals surface area contributed by atoms with Crippen LogP contribution in [0.1, 0.15) is 47.0 Å². The van der Waals surface area contributed by atoms with E-state index in [-0.39, 0.29) is 5.41 Å². The molecule has 0 bridgehead atoms. The van der Waals surface area contributed by atoms with Crippen molar-refractivity contribution < 1.29 is 9.90 Å². The first-order valence-electron chi connectivity index (χ1n) is 5.39. The lowest BCUT2D eigenvalue weighted by Gasteiger charge is -2.29. The van der Waals surface area contributed by atoms with Gasteiger partial charge >= 0.3 is 5.97 Å². The Hall–Kier alpha value is -0.570. The quantitative estimate of drug-likeness (QED) is 0.712. The van der Waals surface area contributed by atoms with Gasteiger partial charge in [-0.3, -0.25) is 10.1 Å². The van der Waals surface area contributed by atoms with Crippen molar-refractivity contribution >= 4 is 5.97 Å². The van der Waals surface area contributed by atoms with Crippen molar-refractivity contribution in [2.45, 2.75) is 58.5 Å². The van der Waals surface area contributed by atoms with Crippen LogP contribution in [0.25, 0.3) is 0 Å². The molecule has 2 N–H and O–H groups in total. The lowest BCUT2D eigenvalue weighted by atomic mass is 9.92. The average molecular weight is 199 g/mol. The van der Waals surface area contributed by atoms with Gasteiger partial charge in [0.1, 0.15) is 5.54 Å². The molecule has 0 aliphatic heterocycles. The van der Waals surface area contributed by atoms with Gasteiger partial charge < -0.3 is 5.11 Å². The van der Waals surface area contributed by atoms with Crippen LogP contribution in [-0.4, -0.2) is 22.7 Å². The smallest absolute Gasteiger partial charge is 0.323 e. The second kappa shape index (κ2) is 3.54. The number of rotatable bonds is 5. The Morgan fingerprint density at radius 2 is 1.93 bits per heavy atom. The van der Waals surface area contributed by atoms with Crippen LogP contribution in [0.4, 0.5) is 0 Å². The van der Waals surface area contributed by atoms with Crippen molar-refractivity contribution in [3.63, 3.8) is 0 Å². The molecule has 0 radical (unpaired) electrons. The third kappa shape index (κ3) is 1.92. The van der Waals surface area contributed by atoms with Crippen LogP contribution in [-0.2, 0) is 4.79 Å². The molecule has 1 aliphatic carbocycles. The first-order valence-corrected chi connectivity index (χ1v) is 5.39. The Labute approximate surface area is 85.9 Å². The van der Waals surface area contributed by atoms with Gasteiger partial charge in [0, 0.05) is 6.04 Å². The van der Waals surface area contributed by atoms with Gasteiger partial charge in [0.25, 0.3) is 0 Å². The van der Waals surface area contributed by atoms with Crippen molar-refractivity contribution in [3.05, 3.63) is 0 Å². The molecule has 1 rings (SSSR count). The largest absolute Gasteiger partial charge is 0.480 e. The summed E-state index contributed by atoms with van der Waals surface area (Å²) in [7, 11) is 0. The van der Waals surface area contributed by atoms with Crippen LogP contribution in [0.3, 0.4) is 0 Å². The highest BCUT2D eigenvalue weighted by Crippen LogP contribution is 2.46. The summed E-state index contributed by atoms with van der Waals surface area (Å²) < 4.78 is 0. The van der Waals surface area contributed by atoms with E-state index in [4.69, 9.17) is 0 Å². The Kier molecular flexibility index (Phi) is 2.91. The Morgan fingerprint density at radius 3 is 2.14 bits per heavy atom. The molecular formula is C11H21NO2. The second-order valence-corrected chi connectivity index (χ2v) is 4.98. The molecule has 0 spiro atoms. The molecule has 0 aromatic rings. The number of hydrogen-bond donors (Lipinski definition) is 2. The van der Waals surface area contributed by atoms with Crippen LogP contribution in [0.2, 0.25) is 0 Å². The van der Waals surface area contributed by atoms with Crippen LogP contribution < -0.4 is 5.32 Å². The molecule has 1 atom stereocenters. The Morgan fingerprint density at radius 1 is 1.50 bits per heavy atom. The summed E-state index contributed by atoms with van der Waals surface area (Å²) in [6.45, 7) is 8.20. The van der Waals surface area contributed by atoms with E-state index in [1.54, 1.807) is 0 Å². The van der Waals surface area contributed by atoms with Gasteiger partial charge in [-0.15, -0.1) is 0 Å². The van der Waals surface area contributed by atoms with Gasteiger partial charge in [-0.2, -0.15) is 0 Å². The summed E-state index contributed by atoms with van der Waals surface area (Å²) >= 11 is 0. The van der Waals surface area contributed by atoms with E-state index in [0.717, 1.165) is 6.42 Å². The van der Waals surface area contributed by atoms with Gasteiger partial charge in [-0.1, -0.05) is 27.7 Å². The molecule has 0 aromatic heterocycles. The summed E-state index contributed by atoms with van der Waals surface area (Å²) in [5.41, 5.74) is -0.427. The number of hydrogen-bond acceptors (Lipinski definition) is 2. The van der Waals surface area contributed by atoms with Crippen molar-refractivity contribution in [2.75, 3.05) is 0 Å². The molecular weight excluding hydrogens is 178 g/mol. The molecule has 1 fully saturated rings. The second-order valence-electron chi connectivity index (χ2n) is 4.98. The van der Waals surface area contributed by atoms with E-state index in [0.29, 0.717) is 18.9 Å². The lowest BCUT2D eigenvalue weighted by Crippen LogP contribution is -2.53. The maximum atomic E-state index is 11.2. The van der Waals surface area contributed by atoms with Crippen LogP contribution in [0.5, 0.6) is 0 Å². The monoisotopic (exact) mass is 199 g/mol. The number of carbonyl (C=O) groups is 1. The number of nitrogens with one attached hydrogen (secondary N) is 1. The van der Waals surface area contributed by atoms with Gasteiger partial charge in [-0.25, -0.2) is 0 Å². The minimum atomic E-state index is -0.717. The summed E-state index contributed by atoms with van der Waals surface area (Å²) in [6, 6.07) is 0.374. The maximum Gasteiger partial charge on any atom is 0.323 e. The van der Waals surface area contributed by atoms with E-state index < -0.39 is 11.5 Å². The molecule has 0 heterocycles. The van der Waals surface area contributed by atoms with E-state index in [1.165, 1.54) is 0 Å². The summed E-state index contributed by atoms with van der Waals surface area (Å²) in [5, 5.41) is 12.5. The van der Waals surface area contributed by atoms with E-state index in [2.05, 4.69) is 19.2 Å². The van der Waals surface area contributed by atoms with Crippen molar-refractivity contribution in [1.82, 2.24) is 5.32 Å². The fourth-order valence-electron chi connectivity index (χ4n) is 1.87. The molecule has 1 saturated carbocycles. The van der Waals surface area contributed by atoms with E-state index in [9.17, 15) is 9.90 Å². The van der Waals surface area contributed by atoms with Crippen LogP contribution in [0, 0.1) is 5.41 Å². The number of carboxylic acid groups (broad SMARTS) is 1.